The fourth-order valence-corrected chi connectivity index (χ4v) is 7.73. The zero-order valence-corrected chi connectivity index (χ0v) is 24.4. The molecule has 2 saturated carbocycles. The third kappa shape index (κ3) is 8.08. The van der Waals surface area contributed by atoms with Crippen LogP contribution in [0.2, 0.25) is 0 Å². The summed E-state index contributed by atoms with van der Waals surface area (Å²) in [7, 11) is 0. The minimum absolute atomic E-state index is 0.0761. The maximum atomic E-state index is 13.9. The molecule has 3 atom stereocenters. The van der Waals surface area contributed by atoms with Crippen molar-refractivity contribution in [2.45, 2.75) is 96.3 Å². The van der Waals surface area contributed by atoms with E-state index in [4.69, 9.17) is 11.5 Å². The van der Waals surface area contributed by atoms with Crippen molar-refractivity contribution in [1.29, 1.82) is 0 Å². The van der Waals surface area contributed by atoms with Crippen LogP contribution in [-0.4, -0.2) is 11.8 Å². The number of carbonyl (C=O) groups is 2. The summed E-state index contributed by atoms with van der Waals surface area (Å²) in [4.78, 5) is 26.6. The average molecular weight is 543 g/mol. The second-order valence-corrected chi connectivity index (χ2v) is 12.8. The van der Waals surface area contributed by atoms with Gasteiger partial charge in [-0.2, -0.15) is 0 Å². The Morgan fingerprint density at radius 1 is 0.775 bits per heavy atom. The molecule has 216 valence electrons. The van der Waals surface area contributed by atoms with Gasteiger partial charge in [0, 0.05) is 5.92 Å². The van der Waals surface area contributed by atoms with Crippen molar-refractivity contribution >= 4 is 11.8 Å². The molecule has 2 aromatic carbocycles. The molecule has 4 N–H and O–H groups in total. The first-order valence-electron chi connectivity index (χ1n) is 15.7. The lowest BCUT2D eigenvalue weighted by atomic mass is 9.59. The predicted molar refractivity (Wildman–Crippen MR) is 164 cm³/mol. The number of amides is 2. The number of hydrogen-bond donors (Lipinski definition) is 2. The van der Waals surface area contributed by atoms with Gasteiger partial charge in [-0.05, 0) is 61.0 Å². The van der Waals surface area contributed by atoms with E-state index in [1.54, 1.807) is 0 Å². The van der Waals surface area contributed by atoms with Crippen LogP contribution >= 0.6 is 0 Å². The van der Waals surface area contributed by atoms with Crippen molar-refractivity contribution in [2.75, 3.05) is 0 Å². The summed E-state index contributed by atoms with van der Waals surface area (Å²) >= 11 is 0. The highest BCUT2D eigenvalue weighted by atomic mass is 16.1. The molecule has 2 aliphatic rings. The van der Waals surface area contributed by atoms with E-state index in [2.05, 4.69) is 30.8 Å². The van der Waals surface area contributed by atoms with E-state index in [-0.39, 0.29) is 23.7 Å². The molecule has 2 aromatic rings. The Kier molecular flexibility index (Phi) is 11.0. The van der Waals surface area contributed by atoms with Crippen molar-refractivity contribution < 1.29 is 9.59 Å². The van der Waals surface area contributed by atoms with Gasteiger partial charge in [0.15, 0.2) is 0 Å². The lowest BCUT2D eigenvalue weighted by Gasteiger charge is -2.44. The number of benzene rings is 2. The molecule has 0 saturated heterocycles. The van der Waals surface area contributed by atoms with Gasteiger partial charge in [-0.25, -0.2) is 0 Å². The van der Waals surface area contributed by atoms with Crippen LogP contribution in [0.5, 0.6) is 0 Å². The number of hydrogen-bond acceptors (Lipinski definition) is 2. The Bertz CT molecular complexity index is 1090. The first-order chi connectivity index (χ1) is 19.4. The normalized spacial score (nSPS) is 19.8. The third-order valence-electron chi connectivity index (χ3n) is 9.92. The lowest BCUT2D eigenvalue weighted by molar-refractivity contribution is -0.132. The minimum atomic E-state index is -0.729. The molecular formula is C36H50N2O2. The highest BCUT2D eigenvalue weighted by Crippen LogP contribution is 2.49. The summed E-state index contributed by atoms with van der Waals surface area (Å²) in [5, 5.41) is 0. The van der Waals surface area contributed by atoms with Crippen molar-refractivity contribution in [1.82, 2.24) is 0 Å². The van der Waals surface area contributed by atoms with Crippen LogP contribution in [0.3, 0.4) is 0 Å². The summed E-state index contributed by atoms with van der Waals surface area (Å²) in [6.07, 6.45) is 15.6. The van der Waals surface area contributed by atoms with Crippen LogP contribution in [-0.2, 0) is 22.4 Å². The molecule has 0 aromatic heterocycles. The minimum Gasteiger partial charge on any atom is -0.369 e. The fraction of sp³-hybridized carbons (Fsp3) is 0.556. The molecule has 0 heterocycles. The Morgan fingerprint density at radius 2 is 1.30 bits per heavy atom. The first-order valence-corrected chi connectivity index (χ1v) is 15.7. The smallest absolute Gasteiger partial charge is 0.224 e. The molecule has 0 aliphatic heterocycles. The molecule has 2 aliphatic carbocycles. The second kappa shape index (κ2) is 14.7. The number of carbonyl (C=O) groups excluding carboxylic acids is 2. The highest BCUT2D eigenvalue weighted by molar-refractivity contribution is 5.82. The van der Waals surface area contributed by atoms with Crippen LogP contribution in [0.1, 0.15) is 94.6 Å². The van der Waals surface area contributed by atoms with Gasteiger partial charge in [0.1, 0.15) is 0 Å². The molecule has 40 heavy (non-hydrogen) atoms. The van der Waals surface area contributed by atoms with E-state index < -0.39 is 5.41 Å². The third-order valence-corrected chi connectivity index (χ3v) is 9.92. The first kappa shape index (κ1) is 30.1. The Hall–Kier alpha value is -2.88. The Balaban J connectivity index is 1.71. The topological polar surface area (TPSA) is 86.2 Å². The van der Waals surface area contributed by atoms with Gasteiger partial charge in [-0.15, -0.1) is 0 Å². The molecule has 4 rings (SSSR count). The molecule has 0 spiro atoms. The molecule has 4 heteroatoms. The molecule has 2 amide bonds. The van der Waals surface area contributed by atoms with Crippen LogP contribution in [0, 0.1) is 29.1 Å². The van der Waals surface area contributed by atoms with Gasteiger partial charge in [0.05, 0.1) is 5.41 Å². The van der Waals surface area contributed by atoms with Gasteiger partial charge < -0.3 is 11.5 Å². The Morgan fingerprint density at radius 3 is 1.82 bits per heavy atom. The van der Waals surface area contributed by atoms with Gasteiger partial charge >= 0.3 is 0 Å². The van der Waals surface area contributed by atoms with Crippen LogP contribution in [0.15, 0.2) is 72.8 Å². The second-order valence-electron chi connectivity index (χ2n) is 12.8. The van der Waals surface area contributed by atoms with Gasteiger partial charge in [-0.1, -0.05) is 137 Å². The zero-order valence-electron chi connectivity index (χ0n) is 24.4. The summed E-state index contributed by atoms with van der Waals surface area (Å²) in [5.74, 6) is 0.0954. The number of nitrogens with two attached hydrogens (primary N) is 2. The zero-order chi connectivity index (χ0) is 28.4. The van der Waals surface area contributed by atoms with Crippen LogP contribution < -0.4 is 11.5 Å². The summed E-state index contributed by atoms with van der Waals surface area (Å²) in [5.41, 5.74) is 15.0. The molecule has 0 bridgehead atoms. The maximum absolute atomic E-state index is 13.9. The number of rotatable bonds is 14. The van der Waals surface area contributed by atoms with Crippen molar-refractivity contribution in [3.05, 3.63) is 83.9 Å². The quantitative estimate of drug-likeness (QED) is 0.242. The highest BCUT2D eigenvalue weighted by Gasteiger charge is 2.47. The standard InChI is InChI=1S/C36H50N2O2/c1-27(22-32(34(37)39)23-28-14-6-2-7-15-28)33(24-29-16-8-3-9-17-29)36(35(38)40,25-30-18-10-4-11-19-30)26-31-20-12-5-13-21-31/h2,4,6-7,10-11,14-15,18-19,29,31-33H,1,3,5,8-9,12-13,16-17,20-26H2,(H2,37,39)(H2,38,40). The predicted octanol–water partition coefficient (Wildman–Crippen LogP) is 7.55. The summed E-state index contributed by atoms with van der Waals surface area (Å²) in [6.45, 7) is 4.65. The average Bonchev–Trinajstić information content (AvgIpc) is 2.97. The van der Waals surface area contributed by atoms with E-state index >= 15 is 0 Å². The van der Waals surface area contributed by atoms with E-state index in [9.17, 15) is 9.59 Å². The molecule has 3 unspecified atom stereocenters. The fourth-order valence-electron chi connectivity index (χ4n) is 7.73. The van der Waals surface area contributed by atoms with E-state index in [0.29, 0.717) is 31.1 Å². The van der Waals surface area contributed by atoms with E-state index in [0.717, 1.165) is 42.4 Å². The summed E-state index contributed by atoms with van der Waals surface area (Å²) < 4.78 is 0. The van der Waals surface area contributed by atoms with E-state index in [1.165, 1.54) is 51.4 Å². The summed E-state index contributed by atoms with van der Waals surface area (Å²) in [6, 6.07) is 20.4. The van der Waals surface area contributed by atoms with Crippen molar-refractivity contribution in [3.63, 3.8) is 0 Å². The van der Waals surface area contributed by atoms with Crippen molar-refractivity contribution in [3.8, 4) is 0 Å². The lowest BCUT2D eigenvalue weighted by Crippen LogP contribution is -2.48. The largest absolute Gasteiger partial charge is 0.369 e. The SMILES string of the molecule is C=C(CC(Cc1ccccc1)C(N)=O)C(CC1CCCCC1)C(Cc1ccccc1)(CC1CCCCC1)C(N)=O. The van der Waals surface area contributed by atoms with Crippen LogP contribution in [0.25, 0.3) is 0 Å². The van der Waals surface area contributed by atoms with Gasteiger partial charge in [-0.3, -0.25) is 9.59 Å². The van der Waals surface area contributed by atoms with Gasteiger partial charge in [0.25, 0.3) is 0 Å². The monoisotopic (exact) mass is 542 g/mol. The molecule has 0 radical (unpaired) electrons. The number of primary amides is 2. The van der Waals surface area contributed by atoms with E-state index in [1.807, 2.05) is 36.4 Å². The molecule has 4 nitrogen and oxygen atoms in total. The molecule has 2 fully saturated rings. The van der Waals surface area contributed by atoms with Crippen molar-refractivity contribution in [2.24, 2.45) is 40.6 Å². The Labute approximate surface area is 242 Å². The van der Waals surface area contributed by atoms with Gasteiger partial charge in [0.2, 0.25) is 11.8 Å². The number of allylic oxidation sites excluding steroid dienone is 1. The maximum Gasteiger partial charge on any atom is 0.224 e. The van der Waals surface area contributed by atoms with Crippen LogP contribution in [0.4, 0.5) is 0 Å². The molecular weight excluding hydrogens is 492 g/mol.